The highest BCUT2D eigenvalue weighted by Crippen LogP contribution is 2.44. The number of halogens is 2. The van der Waals surface area contributed by atoms with Crippen molar-refractivity contribution in [1.29, 1.82) is 0 Å². The van der Waals surface area contributed by atoms with E-state index in [1.54, 1.807) is 60.3 Å². The fourth-order valence-corrected chi connectivity index (χ4v) is 5.81. The summed E-state index contributed by atoms with van der Waals surface area (Å²) in [4.78, 5) is 27.6. The van der Waals surface area contributed by atoms with Crippen LogP contribution >= 0.6 is 46.3 Å². The number of ketones is 1. The minimum absolute atomic E-state index is 0.0259. The van der Waals surface area contributed by atoms with Crippen molar-refractivity contribution in [3.63, 3.8) is 0 Å². The monoisotopic (exact) mass is 533 g/mol. The number of carbonyl (C=O) groups excluding carboxylic acids is 2. The Kier molecular flexibility index (Phi) is 7.93. The van der Waals surface area contributed by atoms with Gasteiger partial charge < -0.3 is 5.11 Å². The summed E-state index contributed by atoms with van der Waals surface area (Å²) < 4.78 is 0.723. The van der Waals surface area contributed by atoms with Crippen LogP contribution in [-0.4, -0.2) is 32.7 Å². The van der Waals surface area contributed by atoms with Crippen molar-refractivity contribution < 1.29 is 14.7 Å². The average Bonchev–Trinajstić information content (AvgIpc) is 3.40. The first kappa shape index (κ1) is 24.7. The number of carbonyl (C=O) groups is 2. The number of anilines is 1. The van der Waals surface area contributed by atoms with E-state index < -0.39 is 17.7 Å². The van der Waals surface area contributed by atoms with E-state index in [1.807, 2.05) is 0 Å². The Labute approximate surface area is 215 Å². The summed E-state index contributed by atoms with van der Waals surface area (Å²) in [6.07, 6.45) is 3.32. The zero-order chi connectivity index (χ0) is 24.2. The molecule has 3 aromatic rings. The number of nitrogens with zero attached hydrogens (tertiary/aromatic N) is 3. The molecule has 1 N–H and O–H groups in total. The first-order valence-electron chi connectivity index (χ1n) is 10.7. The van der Waals surface area contributed by atoms with Gasteiger partial charge in [-0.25, -0.2) is 0 Å². The first-order chi connectivity index (χ1) is 16.4. The normalized spacial score (nSPS) is 17.5. The Morgan fingerprint density at radius 1 is 1.03 bits per heavy atom. The molecular weight excluding hydrogens is 513 g/mol. The molecule has 1 unspecified atom stereocenters. The number of unbranched alkanes of at least 4 members (excludes halogenated alkanes) is 2. The Balaban J connectivity index is 1.77. The lowest BCUT2D eigenvalue weighted by Crippen LogP contribution is -2.29. The van der Waals surface area contributed by atoms with Crippen LogP contribution in [-0.2, 0) is 9.59 Å². The first-order valence-corrected chi connectivity index (χ1v) is 13.2. The number of aromatic nitrogens is 2. The second-order valence-electron chi connectivity index (χ2n) is 7.63. The number of aliphatic hydroxyl groups is 1. The number of hydrogen-bond acceptors (Lipinski definition) is 7. The molecule has 34 heavy (non-hydrogen) atoms. The Morgan fingerprint density at radius 2 is 1.68 bits per heavy atom. The van der Waals surface area contributed by atoms with Crippen LogP contribution < -0.4 is 4.90 Å². The number of rotatable bonds is 8. The molecule has 1 amide bonds. The summed E-state index contributed by atoms with van der Waals surface area (Å²) in [7, 11) is 0. The van der Waals surface area contributed by atoms with E-state index in [0.29, 0.717) is 26.3 Å². The van der Waals surface area contributed by atoms with Crippen LogP contribution in [0.3, 0.4) is 0 Å². The minimum Gasteiger partial charge on any atom is -0.507 e. The molecule has 1 atom stereocenters. The lowest BCUT2D eigenvalue weighted by molar-refractivity contribution is -0.132. The third-order valence-electron chi connectivity index (χ3n) is 5.32. The summed E-state index contributed by atoms with van der Waals surface area (Å²) in [5, 5.41) is 20.8. The highest BCUT2D eigenvalue weighted by Gasteiger charge is 2.48. The molecule has 1 aliphatic rings. The number of aliphatic hydroxyl groups excluding tert-OH is 1. The van der Waals surface area contributed by atoms with Gasteiger partial charge in [0.15, 0.2) is 4.34 Å². The Morgan fingerprint density at radius 3 is 2.32 bits per heavy atom. The third kappa shape index (κ3) is 5.15. The topological polar surface area (TPSA) is 83.4 Å². The Hall–Kier alpha value is -2.39. The van der Waals surface area contributed by atoms with Gasteiger partial charge in [0.2, 0.25) is 5.13 Å². The van der Waals surface area contributed by atoms with E-state index in [4.69, 9.17) is 23.2 Å². The number of hydrogen-bond donors (Lipinski definition) is 1. The number of thioether (sulfide) groups is 1. The predicted molar refractivity (Wildman–Crippen MR) is 138 cm³/mol. The molecule has 0 spiro atoms. The SMILES string of the molecule is CCCCCSc1nnc(N2C(=O)C(=O)/C(=C(/O)c3ccc(Cl)cc3)C2c2ccc(Cl)cc2)s1. The standard InChI is InChI=1S/C24H21Cl2N3O3S2/c1-2-3-4-13-33-24-28-27-23(34-24)29-19(14-5-9-16(25)10-6-14)18(21(31)22(29)32)20(30)15-7-11-17(26)12-8-15/h5-12,19,30H,2-4,13H2,1H3/b20-18+. The maximum absolute atomic E-state index is 13.2. The minimum atomic E-state index is -0.876. The molecule has 0 saturated carbocycles. The number of benzene rings is 2. The molecule has 1 saturated heterocycles. The molecule has 4 rings (SSSR count). The Bertz CT molecular complexity index is 1230. The maximum Gasteiger partial charge on any atom is 0.301 e. The quantitative estimate of drug-likeness (QED) is 0.0859. The average molecular weight is 534 g/mol. The second kappa shape index (κ2) is 10.9. The zero-order valence-corrected chi connectivity index (χ0v) is 21.3. The molecule has 2 aromatic carbocycles. The van der Waals surface area contributed by atoms with E-state index in [0.717, 1.165) is 29.4 Å². The van der Waals surface area contributed by atoms with Crippen LogP contribution in [0.5, 0.6) is 0 Å². The lowest BCUT2D eigenvalue weighted by atomic mass is 9.95. The number of Topliss-reactive ketones (excluding diaryl/α,β-unsaturated/α-hetero) is 1. The molecule has 2 heterocycles. The summed E-state index contributed by atoms with van der Waals surface area (Å²) in [6.45, 7) is 2.14. The van der Waals surface area contributed by atoms with Crippen molar-refractivity contribution in [2.24, 2.45) is 0 Å². The van der Waals surface area contributed by atoms with Crippen molar-refractivity contribution in [2.75, 3.05) is 10.7 Å². The van der Waals surface area contributed by atoms with Gasteiger partial charge in [-0.15, -0.1) is 10.2 Å². The summed E-state index contributed by atoms with van der Waals surface area (Å²) in [6, 6.07) is 12.3. The third-order valence-corrected chi connectivity index (χ3v) is 7.97. The van der Waals surface area contributed by atoms with Crippen molar-refractivity contribution in [3.05, 3.63) is 75.3 Å². The van der Waals surface area contributed by atoms with Crippen LogP contribution in [0, 0.1) is 0 Å². The van der Waals surface area contributed by atoms with Gasteiger partial charge >= 0.3 is 5.91 Å². The van der Waals surface area contributed by atoms with Gasteiger partial charge in [-0.1, -0.05) is 78.2 Å². The molecule has 6 nitrogen and oxygen atoms in total. The highest BCUT2D eigenvalue weighted by atomic mass is 35.5. The van der Waals surface area contributed by atoms with E-state index in [9.17, 15) is 14.7 Å². The van der Waals surface area contributed by atoms with Crippen LogP contribution in [0.2, 0.25) is 10.0 Å². The van der Waals surface area contributed by atoms with E-state index in [2.05, 4.69) is 17.1 Å². The molecular formula is C24H21Cl2N3O3S2. The maximum atomic E-state index is 13.2. The largest absolute Gasteiger partial charge is 0.507 e. The molecule has 0 bridgehead atoms. The van der Waals surface area contributed by atoms with Gasteiger partial charge in [-0.3, -0.25) is 14.5 Å². The van der Waals surface area contributed by atoms with E-state index in [1.165, 1.54) is 16.2 Å². The molecule has 10 heteroatoms. The number of amides is 1. The van der Waals surface area contributed by atoms with E-state index >= 15 is 0 Å². The molecule has 176 valence electrons. The molecule has 0 aliphatic carbocycles. The van der Waals surface area contributed by atoms with Crippen molar-refractivity contribution >= 4 is 68.9 Å². The van der Waals surface area contributed by atoms with Crippen LogP contribution in [0.1, 0.15) is 43.4 Å². The van der Waals surface area contributed by atoms with Crippen molar-refractivity contribution in [1.82, 2.24) is 10.2 Å². The van der Waals surface area contributed by atoms with Gasteiger partial charge in [0.25, 0.3) is 5.78 Å². The molecule has 1 aromatic heterocycles. The van der Waals surface area contributed by atoms with Gasteiger partial charge in [0.1, 0.15) is 5.76 Å². The van der Waals surface area contributed by atoms with Gasteiger partial charge in [0, 0.05) is 21.4 Å². The summed E-state index contributed by atoms with van der Waals surface area (Å²) >= 11 is 14.9. The van der Waals surface area contributed by atoms with Crippen LogP contribution in [0.15, 0.2) is 58.4 Å². The lowest BCUT2D eigenvalue weighted by Gasteiger charge is -2.22. The smallest absolute Gasteiger partial charge is 0.301 e. The van der Waals surface area contributed by atoms with Gasteiger partial charge in [-0.05, 0) is 48.4 Å². The van der Waals surface area contributed by atoms with E-state index in [-0.39, 0.29) is 11.3 Å². The summed E-state index contributed by atoms with van der Waals surface area (Å²) in [5.74, 6) is -0.941. The molecule has 0 radical (unpaired) electrons. The summed E-state index contributed by atoms with van der Waals surface area (Å²) in [5.41, 5.74) is 0.972. The van der Waals surface area contributed by atoms with Crippen molar-refractivity contribution in [2.45, 2.75) is 36.6 Å². The highest BCUT2D eigenvalue weighted by molar-refractivity contribution is 8.01. The predicted octanol–water partition coefficient (Wildman–Crippen LogP) is 6.75. The molecule has 1 fully saturated rings. The van der Waals surface area contributed by atoms with Crippen molar-refractivity contribution in [3.8, 4) is 0 Å². The second-order valence-corrected chi connectivity index (χ2v) is 10.8. The fourth-order valence-electron chi connectivity index (χ4n) is 3.62. The fraction of sp³-hybridized carbons (Fsp3) is 0.250. The van der Waals surface area contributed by atoms with Crippen LogP contribution in [0.4, 0.5) is 5.13 Å². The van der Waals surface area contributed by atoms with Gasteiger partial charge in [-0.2, -0.15) is 0 Å². The van der Waals surface area contributed by atoms with Crippen LogP contribution in [0.25, 0.3) is 5.76 Å². The molecule has 1 aliphatic heterocycles. The van der Waals surface area contributed by atoms with Gasteiger partial charge in [0.05, 0.1) is 11.6 Å². The zero-order valence-electron chi connectivity index (χ0n) is 18.2.